The monoisotopic (exact) mass is 254 g/mol. The number of hydrogen-bond donors (Lipinski definition) is 0. The average molecular weight is 254 g/mol. The molecule has 2 aromatic rings. The summed E-state index contributed by atoms with van der Waals surface area (Å²) in [5.41, 5.74) is 5.45. The van der Waals surface area contributed by atoms with E-state index in [-0.39, 0.29) is 0 Å². The van der Waals surface area contributed by atoms with Crippen molar-refractivity contribution < 1.29 is 0 Å². The molecule has 2 aromatic carbocycles. The third-order valence-electron chi connectivity index (χ3n) is 3.19. The Morgan fingerprint density at radius 1 is 0.632 bits per heavy atom. The second kappa shape index (κ2) is 8.53. The van der Waals surface area contributed by atoms with Gasteiger partial charge in [0, 0.05) is 0 Å². The van der Waals surface area contributed by atoms with Crippen molar-refractivity contribution in [2.24, 2.45) is 0 Å². The molecule has 0 saturated carbocycles. The Hall–Kier alpha value is -1.56. The summed E-state index contributed by atoms with van der Waals surface area (Å²) >= 11 is 0. The van der Waals surface area contributed by atoms with Crippen LogP contribution in [0.2, 0.25) is 0 Å². The molecule has 0 heteroatoms. The molecule has 0 aliphatic rings. The van der Waals surface area contributed by atoms with Crippen molar-refractivity contribution in [3.63, 3.8) is 0 Å². The highest BCUT2D eigenvalue weighted by Gasteiger charge is 1.98. The molecule has 0 aliphatic carbocycles. The van der Waals surface area contributed by atoms with Gasteiger partial charge in [0.15, 0.2) is 0 Å². The fraction of sp³-hybridized carbons (Fsp3) is 0.368. The highest BCUT2D eigenvalue weighted by molar-refractivity contribution is 5.63. The standard InChI is InChI=1S/C17H20.C2H6/c1-3-5-15-8-12-17(13-9-15)16-10-6-14(4-2)7-11-16;1-2/h6-13H,3-5H2,1-2H3;1-2H3. The summed E-state index contributed by atoms with van der Waals surface area (Å²) in [4.78, 5) is 0. The zero-order chi connectivity index (χ0) is 14.1. The van der Waals surface area contributed by atoms with E-state index in [9.17, 15) is 0 Å². The molecule has 0 fully saturated rings. The fourth-order valence-corrected chi connectivity index (χ4v) is 2.09. The summed E-state index contributed by atoms with van der Waals surface area (Å²) in [5, 5.41) is 0. The topological polar surface area (TPSA) is 0 Å². The number of aryl methyl sites for hydroxylation is 2. The predicted molar refractivity (Wildman–Crippen MR) is 86.6 cm³/mol. The lowest BCUT2D eigenvalue weighted by atomic mass is 10.0. The Bertz CT molecular complexity index is 448. The minimum absolute atomic E-state index is 1.11. The van der Waals surface area contributed by atoms with E-state index < -0.39 is 0 Å². The predicted octanol–water partition coefficient (Wildman–Crippen LogP) is 5.89. The molecule has 0 bridgehead atoms. The minimum atomic E-state index is 1.11. The molecule has 2 rings (SSSR count). The first-order valence-electron chi connectivity index (χ1n) is 7.51. The number of benzene rings is 2. The summed E-state index contributed by atoms with van der Waals surface area (Å²) in [6.07, 6.45) is 3.50. The average Bonchev–Trinajstić information content (AvgIpc) is 2.51. The lowest BCUT2D eigenvalue weighted by Gasteiger charge is -2.05. The summed E-state index contributed by atoms with van der Waals surface area (Å²) in [5.74, 6) is 0. The van der Waals surface area contributed by atoms with Crippen LogP contribution in [-0.4, -0.2) is 0 Å². The maximum atomic E-state index is 2.24. The van der Waals surface area contributed by atoms with Gasteiger partial charge in [-0.3, -0.25) is 0 Å². The minimum Gasteiger partial charge on any atom is -0.0683 e. The van der Waals surface area contributed by atoms with Crippen molar-refractivity contribution in [2.45, 2.75) is 47.0 Å². The van der Waals surface area contributed by atoms with Crippen LogP contribution in [0.1, 0.15) is 45.2 Å². The maximum Gasteiger partial charge on any atom is -0.0184 e. The van der Waals surface area contributed by atoms with Crippen LogP contribution in [0.4, 0.5) is 0 Å². The number of rotatable bonds is 4. The Labute approximate surface area is 118 Å². The van der Waals surface area contributed by atoms with Crippen LogP contribution in [0.3, 0.4) is 0 Å². The molecule has 102 valence electrons. The molecule has 0 saturated heterocycles. The molecular weight excluding hydrogens is 228 g/mol. The third kappa shape index (κ3) is 4.55. The first-order chi connectivity index (χ1) is 9.33. The van der Waals surface area contributed by atoms with Gasteiger partial charge in [0.2, 0.25) is 0 Å². The van der Waals surface area contributed by atoms with Crippen LogP contribution >= 0.6 is 0 Å². The van der Waals surface area contributed by atoms with E-state index in [1.807, 2.05) is 13.8 Å². The highest BCUT2D eigenvalue weighted by Crippen LogP contribution is 2.20. The van der Waals surface area contributed by atoms with Gasteiger partial charge in [-0.15, -0.1) is 0 Å². The SMILES string of the molecule is CC.CCCc1ccc(-c2ccc(CC)cc2)cc1. The molecular formula is C19H26. The third-order valence-corrected chi connectivity index (χ3v) is 3.19. The van der Waals surface area contributed by atoms with Gasteiger partial charge < -0.3 is 0 Å². The van der Waals surface area contributed by atoms with Crippen LogP contribution in [-0.2, 0) is 12.8 Å². The zero-order valence-corrected chi connectivity index (χ0v) is 12.7. The van der Waals surface area contributed by atoms with Gasteiger partial charge >= 0.3 is 0 Å². The highest BCUT2D eigenvalue weighted by atomic mass is 14.0. The van der Waals surface area contributed by atoms with E-state index in [1.165, 1.54) is 35.1 Å². The number of hydrogen-bond acceptors (Lipinski definition) is 0. The molecule has 0 aromatic heterocycles. The lowest BCUT2D eigenvalue weighted by molar-refractivity contribution is 0.922. The van der Waals surface area contributed by atoms with Crippen LogP contribution < -0.4 is 0 Å². The normalized spacial score (nSPS) is 9.68. The van der Waals surface area contributed by atoms with E-state index in [1.54, 1.807) is 0 Å². The molecule has 0 spiro atoms. The summed E-state index contributed by atoms with van der Waals surface area (Å²) in [6, 6.07) is 17.8. The lowest BCUT2D eigenvalue weighted by Crippen LogP contribution is -1.84. The summed E-state index contributed by atoms with van der Waals surface area (Å²) < 4.78 is 0. The second-order valence-electron chi connectivity index (χ2n) is 4.50. The van der Waals surface area contributed by atoms with E-state index in [0.717, 1.165) is 6.42 Å². The molecule has 19 heavy (non-hydrogen) atoms. The quantitative estimate of drug-likeness (QED) is 0.637. The van der Waals surface area contributed by atoms with E-state index in [0.29, 0.717) is 0 Å². The van der Waals surface area contributed by atoms with Crippen molar-refractivity contribution in [1.29, 1.82) is 0 Å². The van der Waals surface area contributed by atoms with Crippen LogP contribution in [0.5, 0.6) is 0 Å². The molecule has 0 nitrogen and oxygen atoms in total. The maximum absolute atomic E-state index is 2.24. The van der Waals surface area contributed by atoms with Crippen molar-refractivity contribution in [1.82, 2.24) is 0 Å². The van der Waals surface area contributed by atoms with Crippen molar-refractivity contribution >= 4 is 0 Å². The molecule has 0 amide bonds. The van der Waals surface area contributed by atoms with Gasteiger partial charge in [0.25, 0.3) is 0 Å². The van der Waals surface area contributed by atoms with Gasteiger partial charge in [-0.25, -0.2) is 0 Å². The first kappa shape index (κ1) is 15.5. The van der Waals surface area contributed by atoms with Gasteiger partial charge in [0.1, 0.15) is 0 Å². The summed E-state index contributed by atoms with van der Waals surface area (Å²) in [7, 11) is 0. The molecule has 0 atom stereocenters. The Balaban J connectivity index is 0.000000861. The zero-order valence-electron chi connectivity index (χ0n) is 12.7. The molecule has 0 aliphatic heterocycles. The molecule has 0 radical (unpaired) electrons. The van der Waals surface area contributed by atoms with Crippen LogP contribution in [0, 0.1) is 0 Å². The largest absolute Gasteiger partial charge is 0.0683 e. The van der Waals surface area contributed by atoms with Crippen molar-refractivity contribution in [3.05, 3.63) is 59.7 Å². The molecule has 0 unspecified atom stereocenters. The van der Waals surface area contributed by atoms with E-state index in [2.05, 4.69) is 62.4 Å². The van der Waals surface area contributed by atoms with Crippen molar-refractivity contribution in [3.8, 4) is 11.1 Å². The van der Waals surface area contributed by atoms with Gasteiger partial charge in [-0.1, -0.05) is 82.6 Å². The van der Waals surface area contributed by atoms with Gasteiger partial charge in [-0.2, -0.15) is 0 Å². The fourth-order valence-electron chi connectivity index (χ4n) is 2.09. The van der Waals surface area contributed by atoms with Crippen LogP contribution in [0.15, 0.2) is 48.5 Å². The van der Waals surface area contributed by atoms with Gasteiger partial charge in [0.05, 0.1) is 0 Å². The van der Waals surface area contributed by atoms with E-state index >= 15 is 0 Å². The van der Waals surface area contributed by atoms with Crippen molar-refractivity contribution in [2.75, 3.05) is 0 Å². The Kier molecular flexibility index (Phi) is 6.95. The Morgan fingerprint density at radius 2 is 1.05 bits per heavy atom. The molecule has 0 N–H and O–H groups in total. The van der Waals surface area contributed by atoms with Gasteiger partial charge in [-0.05, 0) is 35.1 Å². The van der Waals surface area contributed by atoms with E-state index in [4.69, 9.17) is 0 Å². The molecule has 0 heterocycles. The Morgan fingerprint density at radius 3 is 1.42 bits per heavy atom. The first-order valence-corrected chi connectivity index (χ1v) is 7.51. The smallest absolute Gasteiger partial charge is 0.0184 e. The second-order valence-corrected chi connectivity index (χ2v) is 4.50. The summed E-state index contributed by atoms with van der Waals surface area (Å²) in [6.45, 7) is 8.41. The van der Waals surface area contributed by atoms with Crippen LogP contribution in [0.25, 0.3) is 11.1 Å².